The van der Waals surface area contributed by atoms with Crippen molar-refractivity contribution < 1.29 is 0 Å². The molecule has 0 saturated carbocycles. The van der Waals surface area contributed by atoms with Crippen LogP contribution in [-0.2, 0) is 6.42 Å². The van der Waals surface area contributed by atoms with Crippen molar-refractivity contribution in [3.05, 3.63) is 21.9 Å². The summed E-state index contributed by atoms with van der Waals surface area (Å²) in [6.45, 7) is 6.84. The van der Waals surface area contributed by atoms with Crippen LogP contribution < -0.4 is 0 Å². The van der Waals surface area contributed by atoms with E-state index in [0.717, 1.165) is 0 Å². The van der Waals surface area contributed by atoms with Crippen molar-refractivity contribution in [1.82, 2.24) is 0 Å². The van der Waals surface area contributed by atoms with Crippen LogP contribution >= 0.6 is 22.7 Å². The summed E-state index contributed by atoms with van der Waals surface area (Å²) in [6, 6.07) is 2.25. The van der Waals surface area contributed by atoms with E-state index in [1.807, 2.05) is 22.7 Å². The van der Waals surface area contributed by atoms with Gasteiger partial charge in [-0.3, -0.25) is 0 Å². The molecule has 0 radical (unpaired) electrons. The van der Waals surface area contributed by atoms with Crippen LogP contribution in [0, 0.1) is 0 Å². The SMILES string of the molecule is CCc1sc2ccsc2c1C(C)C. The van der Waals surface area contributed by atoms with Gasteiger partial charge in [0, 0.05) is 14.3 Å². The van der Waals surface area contributed by atoms with E-state index < -0.39 is 0 Å². The van der Waals surface area contributed by atoms with E-state index >= 15 is 0 Å². The van der Waals surface area contributed by atoms with Crippen molar-refractivity contribution >= 4 is 32.1 Å². The van der Waals surface area contributed by atoms with Gasteiger partial charge in [-0.05, 0) is 29.3 Å². The van der Waals surface area contributed by atoms with Crippen LogP contribution in [0.1, 0.15) is 37.1 Å². The van der Waals surface area contributed by atoms with Crippen LogP contribution in [0.2, 0.25) is 0 Å². The zero-order valence-electron chi connectivity index (χ0n) is 8.26. The maximum atomic E-state index is 2.29. The first kappa shape index (κ1) is 9.22. The van der Waals surface area contributed by atoms with E-state index in [-0.39, 0.29) is 0 Å². The first-order valence-electron chi connectivity index (χ1n) is 4.72. The van der Waals surface area contributed by atoms with Gasteiger partial charge in [0.1, 0.15) is 0 Å². The number of thiophene rings is 2. The van der Waals surface area contributed by atoms with Gasteiger partial charge in [0.2, 0.25) is 0 Å². The van der Waals surface area contributed by atoms with Crippen molar-refractivity contribution in [3.63, 3.8) is 0 Å². The van der Waals surface area contributed by atoms with E-state index in [0.29, 0.717) is 5.92 Å². The lowest BCUT2D eigenvalue weighted by atomic mass is 10.0. The molecule has 0 aliphatic carbocycles. The quantitative estimate of drug-likeness (QED) is 0.677. The Bertz CT molecular complexity index is 407. The van der Waals surface area contributed by atoms with Crippen molar-refractivity contribution in [3.8, 4) is 0 Å². The molecule has 70 valence electrons. The zero-order valence-corrected chi connectivity index (χ0v) is 9.89. The molecular weight excluding hydrogens is 196 g/mol. The summed E-state index contributed by atoms with van der Waals surface area (Å²) in [6.07, 6.45) is 1.18. The molecule has 13 heavy (non-hydrogen) atoms. The molecule has 2 aromatic heterocycles. The van der Waals surface area contributed by atoms with E-state index in [1.165, 1.54) is 15.8 Å². The molecule has 0 aromatic carbocycles. The topological polar surface area (TPSA) is 0 Å². The zero-order chi connectivity index (χ0) is 9.42. The Kier molecular flexibility index (Phi) is 2.43. The van der Waals surface area contributed by atoms with Crippen LogP contribution in [0.4, 0.5) is 0 Å². The molecule has 0 fully saturated rings. The Balaban J connectivity index is 2.70. The summed E-state index contributed by atoms with van der Waals surface area (Å²) in [7, 11) is 0. The van der Waals surface area contributed by atoms with Crippen LogP contribution in [0.3, 0.4) is 0 Å². The van der Waals surface area contributed by atoms with Gasteiger partial charge >= 0.3 is 0 Å². The van der Waals surface area contributed by atoms with Gasteiger partial charge in [-0.2, -0.15) is 0 Å². The van der Waals surface area contributed by atoms with Crippen LogP contribution in [-0.4, -0.2) is 0 Å². The van der Waals surface area contributed by atoms with Crippen molar-refractivity contribution in [2.45, 2.75) is 33.1 Å². The fraction of sp³-hybridized carbons (Fsp3) is 0.455. The number of aryl methyl sites for hydroxylation is 1. The Morgan fingerprint density at radius 1 is 1.38 bits per heavy atom. The number of fused-ring (bicyclic) bond motifs is 1. The fourth-order valence-electron chi connectivity index (χ4n) is 1.74. The Hall–Kier alpha value is -0.340. The normalized spacial score (nSPS) is 11.7. The van der Waals surface area contributed by atoms with Crippen molar-refractivity contribution in [2.75, 3.05) is 0 Å². The fourth-order valence-corrected chi connectivity index (χ4v) is 4.36. The molecule has 0 saturated heterocycles. The molecule has 0 spiro atoms. The van der Waals surface area contributed by atoms with Gasteiger partial charge in [0.05, 0.1) is 0 Å². The smallest absolute Gasteiger partial charge is 0.0488 e. The molecule has 0 nitrogen and oxygen atoms in total. The van der Waals surface area contributed by atoms with Gasteiger partial charge < -0.3 is 0 Å². The van der Waals surface area contributed by atoms with Crippen molar-refractivity contribution in [1.29, 1.82) is 0 Å². The monoisotopic (exact) mass is 210 g/mol. The second-order valence-corrected chi connectivity index (χ2v) is 5.61. The van der Waals surface area contributed by atoms with Gasteiger partial charge in [-0.15, -0.1) is 22.7 Å². The maximum absolute atomic E-state index is 2.29. The first-order chi connectivity index (χ1) is 6.24. The maximum Gasteiger partial charge on any atom is 0.0488 e. The lowest BCUT2D eigenvalue weighted by Crippen LogP contribution is -1.88. The van der Waals surface area contributed by atoms with E-state index in [9.17, 15) is 0 Å². The molecular formula is C11H14S2. The van der Waals surface area contributed by atoms with Gasteiger partial charge in [0.15, 0.2) is 0 Å². The minimum atomic E-state index is 0.669. The van der Waals surface area contributed by atoms with E-state index in [1.54, 1.807) is 10.4 Å². The minimum Gasteiger partial charge on any atom is -0.143 e. The Labute approximate surface area is 87.2 Å². The van der Waals surface area contributed by atoms with Gasteiger partial charge in [0.25, 0.3) is 0 Å². The summed E-state index contributed by atoms with van der Waals surface area (Å²) >= 11 is 3.86. The third-order valence-electron chi connectivity index (χ3n) is 2.31. The molecule has 0 unspecified atom stereocenters. The molecule has 2 aromatic rings. The highest BCUT2D eigenvalue weighted by Gasteiger charge is 2.14. The number of hydrogen-bond donors (Lipinski definition) is 0. The van der Waals surface area contributed by atoms with Gasteiger partial charge in [-0.25, -0.2) is 0 Å². The molecule has 2 heterocycles. The van der Waals surface area contributed by atoms with E-state index in [4.69, 9.17) is 0 Å². The third-order valence-corrected chi connectivity index (χ3v) is 4.70. The summed E-state index contributed by atoms with van der Waals surface area (Å²) in [4.78, 5) is 1.58. The average molecular weight is 210 g/mol. The molecule has 0 bridgehead atoms. The molecule has 0 aliphatic heterocycles. The summed E-state index contributed by atoms with van der Waals surface area (Å²) in [5.74, 6) is 0.669. The Morgan fingerprint density at radius 3 is 2.77 bits per heavy atom. The number of rotatable bonds is 2. The first-order valence-corrected chi connectivity index (χ1v) is 6.42. The standard InChI is InChI=1S/C11H14S2/c1-4-8-10(7(2)3)11-9(13-8)5-6-12-11/h5-7H,4H2,1-3H3. The highest BCUT2D eigenvalue weighted by molar-refractivity contribution is 7.27. The largest absolute Gasteiger partial charge is 0.143 e. The van der Waals surface area contributed by atoms with E-state index in [2.05, 4.69) is 32.2 Å². The highest BCUT2D eigenvalue weighted by Crippen LogP contribution is 2.39. The minimum absolute atomic E-state index is 0.669. The lowest BCUT2D eigenvalue weighted by Gasteiger charge is -2.04. The second-order valence-electron chi connectivity index (χ2n) is 3.56. The second kappa shape index (κ2) is 3.43. The van der Waals surface area contributed by atoms with Crippen LogP contribution in [0.5, 0.6) is 0 Å². The highest BCUT2D eigenvalue weighted by atomic mass is 32.1. The summed E-state index contributed by atoms with van der Waals surface area (Å²) in [5, 5.41) is 2.20. The molecule has 0 amide bonds. The van der Waals surface area contributed by atoms with Crippen molar-refractivity contribution in [2.24, 2.45) is 0 Å². The predicted octanol–water partition coefficient (Wildman–Crippen LogP) is 4.65. The van der Waals surface area contributed by atoms with Crippen LogP contribution in [0.15, 0.2) is 11.4 Å². The summed E-state index contributed by atoms with van der Waals surface area (Å²) in [5.41, 5.74) is 1.59. The molecule has 0 aliphatic rings. The molecule has 0 N–H and O–H groups in total. The molecule has 2 rings (SSSR count). The third kappa shape index (κ3) is 1.42. The Morgan fingerprint density at radius 2 is 2.15 bits per heavy atom. The molecule has 2 heteroatoms. The summed E-state index contributed by atoms with van der Waals surface area (Å²) < 4.78 is 3.00. The number of hydrogen-bond acceptors (Lipinski definition) is 2. The molecule has 0 atom stereocenters. The predicted molar refractivity (Wildman–Crippen MR) is 63.2 cm³/mol. The van der Waals surface area contributed by atoms with Gasteiger partial charge in [-0.1, -0.05) is 20.8 Å². The average Bonchev–Trinajstić information content (AvgIpc) is 2.59. The lowest BCUT2D eigenvalue weighted by molar-refractivity contribution is 0.865. The van der Waals surface area contributed by atoms with Crippen LogP contribution in [0.25, 0.3) is 9.40 Å².